The van der Waals surface area contributed by atoms with E-state index >= 15 is 0 Å². The molecular formula is C36H6Cl4F14N6O4. The van der Waals surface area contributed by atoms with Gasteiger partial charge in [-0.3, -0.25) is 18.7 Å². The highest BCUT2D eigenvalue weighted by molar-refractivity contribution is 6.58. The summed E-state index contributed by atoms with van der Waals surface area (Å²) in [6.45, 7) is -5.99. The Balaban J connectivity index is 1.82. The first-order valence-corrected chi connectivity index (χ1v) is 17.9. The van der Waals surface area contributed by atoms with E-state index in [9.17, 15) is 102 Å². The number of hydrogen-bond donors (Lipinski definition) is 2. The summed E-state index contributed by atoms with van der Waals surface area (Å²) in [4.78, 5) is 28.1. The Morgan fingerprint density at radius 1 is 0.406 bits per heavy atom. The summed E-state index contributed by atoms with van der Waals surface area (Å²) in [5.74, 6) is -30.2. The molecule has 0 spiro atoms. The van der Waals surface area contributed by atoms with E-state index in [2.05, 4.69) is 0 Å². The highest BCUT2D eigenvalue weighted by Crippen LogP contribution is 2.58. The van der Waals surface area contributed by atoms with Crippen LogP contribution < -0.4 is 11.1 Å². The molecule has 7 rings (SSSR count). The van der Waals surface area contributed by atoms with Crippen LogP contribution in [0.25, 0.3) is 64.6 Å². The Hall–Kier alpha value is -6.18. The van der Waals surface area contributed by atoms with E-state index < -0.39 is 188 Å². The Bertz CT molecular complexity index is 3360. The number of nitrogens with zero attached hydrogens (tertiary/aromatic N) is 6. The lowest BCUT2D eigenvalue weighted by molar-refractivity contribution is -0.357. The van der Waals surface area contributed by atoms with Crippen molar-refractivity contribution in [3.63, 3.8) is 0 Å². The maximum atomic E-state index is 14.9. The molecule has 330 valence electrons. The minimum atomic E-state index is -6.96. The third kappa shape index (κ3) is 5.43. The van der Waals surface area contributed by atoms with Gasteiger partial charge in [0.25, 0.3) is 11.1 Å². The number of hydrogen-bond acceptors (Lipinski definition) is 8. The fourth-order valence-electron chi connectivity index (χ4n) is 7.65. The van der Waals surface area contributed by atoms with Crippen LogP contribution in [0.15, 0.2) is 9.59 Å². The lowest BCUT2D eigenvalue weighted by atomic mass is 9.81. The Morgan fingerprint density at radius 3 is 0.844 bits per heavy atom. The van der Waals surface area contributed by atoms with Crippen molar-refractivity contribution in [1.29, 1.82) is 21.0 Å². The summed E-state index contributed by atoms with van der Waals surface area (Å²) in [6, 6.07) is 5.51. The first-order valence-electron chi connectivity index (χ1n) is 16.4. The van der Waals surface area contributed by atoms with Crippen LogP contribution in [0.5, 0.6) is 11.8 Å². The fourth-order valence-corrected chi connectivity index (χ4v) is 8.95. The van der Waals surface area contributed by atoms with Gasteiger partial charge in [-0.15, -0.1) is 0 Å². The second-order valence-electron chi connectivity index (χ2n) is 13.7. The van der Waals surface area contributed by atoms with Gasteiger partial charge >= 0.3 is 36.0 Å². The third-order valence-electron chi connectivity index (χ3n) is 10.4. The van der Waals surface area contributed by atoms with E-state index in [0.717, 1.165) is 0 Å². The van der Waals surface area contributed by atoms with Gasteiger partial charge in [0.05, 0.1) is 77.0 Å². The van der Waals surface area contributed by atoms with Crippen LogP contribution in [0, 0.1) is 45.3 Å². The van der Waals surface area contributed by atoms with Gasteiger partial charge in [0.1, 0.15) is 24.3 Å². The molecule has 5 aromatic carbocycles. The molecular weight excluding hydrogens is 988 g/mol. The van der Waals surface area contributed by atoms with Crippen molar-refractivity contribution in [2.75, 3.05) is 0 Å². The first kappa shape index (κ1) is 45.8. The van der Waals surface area contributed by atoms with E-state index in [1.165, 1.54) is 24.3 Å². The van der Waals surface area contributed by atoms with Gasteiger partial charge in [0.2, 0.25) is 11.8 Å². The molecule has 0 aliphatic heterocycles. The summed E-state index contributed by atoms with van der Waals surface area (Å²) >= 11 is 26.8. The summed E-state index contributed by atoms with van der Waals surface area (Å²) in [5.41, 5.74) is -9.02. The molecule has 0 bridgehead atoms. The number of rotatable bonds is 6. The predicted octanol–water partition coefficient (Wildman–Crippen LogP) is 11.0. The summed E-state index contributed by atoms with van der Waals surface area (Å²) in [5, 5.41) is 48.5. The van der Waals surface area contributed by atoms with Gasteiger partial charge in [0.15, 0.2) is 0 Å². The van der Waals surface area contributed by atoms with Crippen molar-refractivity contribution < 1.29 is 71.7 Å². The van der Waals surface area contributed by atoms with E-state index in [1.54, 1.807) is 0 Å². The number of halogens is 18. The first-order chi connectivity index (χ1) is 29.3. The molecule has 0 fully saturated rings. The normalized spacial score (nSPS) is 13.5. The Labute approximate surface area is 360 Å². The van der Waals surface area contributed by atoms with Crippen LogP contribution in [0.1, 0.15) is 22.3 Å². The number of benzene rings is 5. The molecule has 10 nitrogen and oxygen atoms in total. The van der Waals surface area contributed by atoms with Crippen molar-refractivity contribution in [2.24, 2.45) is 0 Å². The minimum absolute atomic E-state index is 0.733. The molecule has 0 aliphatic rings. The standard InChI is InChI=1S/C36H6Cl4F14N6O4/c37-23-7(1-55)11-15-12(28(62)59(27(11)61)5-31(41,42)33(45,46)35(49,50)51)8(2-56)25(39)21-17(15)19(23)20-18-16-13(9(3-57)24(20)38)29(63)60(6-32(43,44)34(47,48)36(52,53)54)30(64)14(16)10(4-58)26(40)22(18)21/h61,64H,5-6H2. The zero-order chi connectivity index (χ0) is 48.3. The van der Waals surface area contributed by atoms with E-state index in [0.29, 0.717) is 0 Å². The van der Waals surface area contributed by atoms with E-state index in [1.807, 2.05) is 0 Å². The number of alkyl halides is 14. The van der Waals surface area contributed by atoms with Crippen LogP contribution in [0.2, 0.25) is 20.1 Å². The zero-order valence-corrected chi connectivity index (χ0v) is 32.6. The maximum Gasteiger partial charge on any atom is 0.459 e. The molecule has 2 N–H and O–H groups in total. The van der Waals surface area contributed by atoms with Gasteiger partial charge in [-0.2, -0.15) is 82.5 Å². The number of aromatic hydroxyl groups is 2. The second kappa shape index (κ2) is 13.7. The highest BCUT2D eigenvalue weighted by Gasteiger charge is 2.74. The minimum Gasteiger partial charge on any atom is -0.494 e. The van der Waals surface area contributed by atoms with Crippen molar-refractivity contribution >= 4 is 111 Å². The molecule has 28 heteroatoms. The van der Waals surface area contributed by atoms with Crippen LogP contribution in [-0.4, -0.2) is 55.4 Å². The van der Waals surface area contributed by atoms with Crippen LogP contribution in [0.4, 0.5) is 61.5 Å². The number of nitriles is 4. The molecule has 0 aliphatic carbocycles. The molecule has 2 aromatic heterocycles. The van der Waals surface area contributed by atoms with Gasteiger partial charge in [-0.05, 0) is 0 Å². The lowest BCUT2D eigenvalue weighted by Crippen LogP contribution is -2.54. The van der Waals surface area contributed by atoms with Crippen molar-refractivity contribution in [3.8, 4) is 36.0 Å². The predicted molar refractivity (Wildman–Crippen MR) is 196 cm³/mol. The van der Waals surface area contributed by atoms with Crippen molar-refractivity contribution in [1.82, 2.24) is 9.13 Å². The topological polar surface area (TPSA) is 180 Å². The quantitative estimate of drug-likeness (QED) is 0.0938. The third-order valence-corrected chi connectivity index (χ3v) is 11.9. The molecule has 0 amide bonds. The van der Waals surface area contributed by atoms with Gasteiger partial charge in [-0.25, -0.2) is 0 Å². The molecule has 2 heterocycles. The van der Waals surface area contributed by atoms with Crippen LogP contribution >= 0.6 is 46.4 Å². The average molecular weight is 994 g/mol. The molecule has 0 atom stereocenters. The summed E-state index contributed by atoms with van der Waals surface area (Å²) in [6.07, 6.45) is -13.9. The highest BCUT2D eigenvalue weighted by atomic mass is 35.5. The molecule has 0 unspecified atom stereocenters. The number of aromatic nitrogens is 2. The lowest BCUT2D eigenvalue weighted by Gasteiger charge is -2.30. The maximum absolute atomic E-state index is 14.9. The average Bonchev–Trinajstić information content (AvgIpc) is 3.18. The molecule has 0 saturated heterocycles. The summed E-state index contributed by atoms with van der Waals surface area (Å²) < 4.78 is 193. The molecule has 7 aromatic rings. The second-order valence-corrected chi connectivity index (χ2v) is 15.2. The Kier molecular flexibility index (Phi) is 9.79. The van der Waals surface area contributed by atoms with E-state index in [-0.39, 0.29) is 0 Å². The SMILES string of the molecule is N#Cc1c(Cl)c2c3c(Cl)c(C#N)c4c(=O)n(CC(F)(F)C(F)(F)C(F)(F)F)c(O)c5c(C#N)c(Cl)c(c6c(Cl)c(C#N)c7c(=O)n(CC(F)(F)C(F)(F)C(F)(F)F)c(O)c1c7c26)c3c54. The number of fused-ring (bicyclic) bond motifs is 2. The monoisotopic (exact) mass is 992 g/mol. The molecule has 64 heavy (non-hydrogen) atoms. The van der Waals surface area contributed by atoms with Crippen LogP contribution in [0.3, 0.4) is 0 Å². The fraction of sp³-hybridized carbons (Fsp3) is 0.222. The molecule has 0 saturated carbocycles. The largest absolute Gasteiger partial charge is 0.494 e. The summed E-state index contributed by atoms with van der Waals surface area (Å²) in [7, 11) is 0. The van der Waals surface area contributed by atoms with Crippen molar-refractivity contribution in [3.05, 3.63) is 63.1 Å². The van der Waals surface area contributed by atoms with E-state index in [4.69, 9.17) is 46.4 Å². The van der Waals surface area contributed by atoms with Gasteiger partial charge in [0, 0.05) is 43.1 Å². The van der Waals surface area contributed by atoms with Crippen LogP contribution in [-0.2, 0) is 13.1 Å². The number of pyridine rings is 2. The Morgan fingerprint density at radius 2 is 0.625 bits per heavy atom. The van der Waals surface area contributed by atoms with Crippen molar-refractivity contribution in [2.45, 2.75) is 49.1 Å². The zero-order valence-electron chi connectivity index (χ0n) is 29.6. The smallest absolute Gasteiger partial charge is 0.459 e. The van der Waals surface area contributed by atoms with Gasteiger partial charge < -0.3 is 10.2 Å². The molecule has 0 radical (unpaired) electrons. The van der Waals surface area contributed by atoms with Gasteiger partial charge in [-0.1, -0.05) is 46.4 Å².